The molecule has 7 heteroatoms. The van der Waals surface area contributed by atoms with E-state index in [-0.39, 0.29) is 5.57 Å². The molecule has 1 saturated heterocycles. The largest absolute Gasteiger partial charge is 0.465 e. The number of carbonyl (C=O) groups excluding carboxylic acids is 3. The monoisotopic (exact) mass is 448 g/mol. The van der Waals surface area contributed by atoms with E-state index in [2.05, 4.69) is 32.8 Å². The standard InChI is InChI=1S/C18H13IN2O4/c1-25-18(24)12-4-2-11(3-5-12)10-15-16(22)20-21(17(15)23)14-8-6-13(19)7-9-14/h2-10H,1H3,(H,20,22). The zero-order valence-corrected chi connectivity index (χ0v) is 15.3. The topological polar surface area (TPSA) is 75.7 Å². The minimum Gasteiger partial charge on any atom is -0.465 e. The lowest BCUT2D eigenvalue weighted by molar-refractivity contribution is -0.117. The summed E-state index contributed by atoms with van der Waals surface area (Å²) in [4.78, 5) is 36.1. The maximum absolute atomic E-state index is 12.5. The molecule has 3 rings (SSSR count). The Bertz CT molecular complexity index is 873. The highest BCUT2D eigenvalue weighted by atomic mass is 127. The van der Waals surface area contributed by atoms with Crippen LogP contribution in [0.2, 0.25) is 0 Å². The molecule has 2 amide bonds. The number of hydrazine groups is 1. The van der Waals surface area contributed by atoms with Crippen molar-refractivity contribution in [3.05, 3.63) is 68.8 Å². The Morgan fingerprint density at radius 2 is 1.72 bits per heavy atom. The Balaban J connectivity index is 1.85. The van der Waals surface area contributed by atoms with E-state index in [1.165, 1.54) is 18.2 Å². The van der Waals surface area contributed by atoms with E-state index < -0.39 is 17.8 Å². The molecule has 2 aromatic carbocycles. The Morgan fingerprint density at radius 1 is 1.08 bits per heavy atom. The molecule has 1 aliphatic rings. The lowest BCUT2D eigenvalue weighted by Gasteiger charge is -2.14. The van der Waals surface area contributed by atoms with Gasteiger partial charge < -0.3 is 4.74 Å². The second-order valence-electron chi connectivity index (χ2n) is 5.23. The van der Waals surface area contributed by atoms with E-state index in [0.717, 1.165) is 3.57 Å². The van der Waals surface area contributed by atoms with Crippen LogP contribution in [0.25, 0.3) is 6.08 Å². The van der Waals surface area contributed by atoms with E-state index in [1.54, 1.807) is 36.4 Å². The first-order valence-corrected chi connectivity index (χ1v) is 8.38. The van der Waals surface area contributed by atoms with Gasteiger partial charge in [0.05, 0.1) is 18.4 Å². The first-order valence-electron chi connectivity index (χ1n) is 7.30. The van der Waals surface area contributed by atoms with Crippen molar-refractivity contribution in [2.45, 2.75) is 0 Å². The van der Waals surface area contributed by atoms with Gasteiger partial charge in [0.2, 0.25) is 0 Å². The summed E-state index contributed by atoms with van der Waals surface area (Å²) in [6, 6.07) is 13.7. The number of ether oxygens (including phenoxy) is 1. The molecule has 0 aromatic heterocycles. The Kier molecular flexibility index (Phi) is 4.84. The molecule has 25 heavy (non-hydrogen) atoms. The Labute approximate surface area is 157 Å². The number of nitrogens with zero attached hydrogens (tertiary/aromatic N) is 1. The van der Waals surface area contributed by atoms with Gasteiger partial charge in [-0.15, -0.1) is 0 Å². The Hall–Kier alpha value is -2.68. The average molecular weight is 448 g/mol. The summed E-state index contributed by atoms with van der Waals surface area (Å²) >= 11 is 2.16. The summed E-state index contributed by atoms with van der Waals surface area (Å²) in [7, 11) is 1.30. The molecule has 0 spiro atoms. The van der Waals surface area contributed by atoms with Gasteiger partial charge in [0.1, 0.15) is 5.57 Å². The lowest BCUT2D eigenvalue weighted by Crippen LogP contribution is -2.35. The van der Waals surface area contributed by atoms with Gasteiger partial charge in [0, 0.05) is 3.57 Å². The number of esters is 1. The highest BCUT2D eigenvalue weighted by Gasteiger charge is 2.34. The fraction of sp³-hybridized carbons (Fsp3) is 0.0556. The van der Waals surface area contributed by atoms with Crippen molar-refractivity contribution in [3.63, 3.8) is 0 Å². The van der Waals surface area contributed by atoms with Gasteiger partial charge in [0.15, 0.2) is 0 Å². The van der Waals surface area contributed by atoms with Crippen LogP contribution >= 0.6 is 22.6 Å². The average Bonchev–Trinajstić information content (AvgIpc) is 2.90. The van der Waals surface area contributed by atoms with Gasteiger partial charge in [-0.25, -0.2) is 9.80 Å². The van der Waals surface area contributed by atoms with E-state index in [4.69, 9.17) is 0 Å². The third-order valence-corrected chi connectivity index (χ3v) is 4.34. The first-order chi connectivity index (χ1) is 12.0. The molecule has 126 valence electrons. The number of halogens is 1. The van der Waals surface area contributed by atoms with Gasteiger partial charge in [-0.05, 0) is 70.6 Å². The second-order valence-corrected chi connectivity index (χ2v) is 6.48. The van der Waals surface area contributed by atoms with Crippen molar-refractivity contribution in [2.24, 2.45) is 0 Å². The van der Waals surface area contributed by atoms with Crippen LogP contribution in [-0.4, -0.2) is 24.9 Å². The van der Waals surface area contributed by atoms with Crippen LogP contribution in [-0.2, 0) is 14.3 Å². The summed E-state index contributed by atoms with van der Waals surface area (Å²) in [5, 5.41) is 1.22. The number of nitrogens with one attached hydrogen (secondary N) is 1. The van der Waals surface area contributed by atoms with E-state index in [1.807, 2.05) is 12.1 Å². The molecule has 0 radical (unpaired) electrons. The summed E-state index contributed by atoms with van der Waals surface area (Å²) < 4.78 is 5.66. The molecular weight excluding hydrogens is 435 g/mol. The minimum atomic E-state index is -0.472. The molecule has 0 bridgehead atoms. The highest BCUT2D eigenvalue weighted by molar-refractivity contribution is 14.1. The van der Waals surface area contributed by atoms with Crippen molar-refractivity contribution in [1.82, 2.24) is 5.43 Å². The number of amides is 2. The number of benzene rings is 2. The maximum Gasteiger partial charge on any atom is 0.337 e. The van der Waals surface area contributed by atoms with Gasteiger partial charge in [0.25, 0.3) is 11.8 Å². The quantitative estimate of drug-likeness (QED) is 0.339. The summed E-state index contributed by atoms with van der Waals surface area (Å²) in [5.74, 6) is -1.34. The van der Waals surface area contributed by atoms with Crippen molar-refractivity contribution in [3.8, 4) is 0 Å². The van der Waals surface area contributed by atoms with Crippen LogP contribution in [0, 0.1) is 3.57 Å². The van der Waals surface area contributed by atoms with Crippen LogP contribution in [0.4, 0.5) is 5.69 Å². The van der Waals surface area contributed by atoms with Gasteiger partial charge in [-0.2, -0.15) is 0 Å². The number of hydrogen-bond donors (Lipinski definition) is 1. The summed E-state index contributed by atoms with van der Waals surface area (Å²) in [6.45, 7) is 0. The van der Waals surface area contributed by atoms with Crippen LogP contribution in [0.1, 0.15) is 15.9 Å². The predicted molar refractivity (Wildman–Crippen MR) is 101 cm³/mol. The Morgan fingerprint density at radius 3 is 2.32 bits per heavy atom. The number of carbonyl (C=O) groups is 3. The SMILES string of the molecule is COC(=O)c1ccc(C=C2C(=O)NN(c3ccc(I)cc3)C2=O)cc1. The maximum atomic E-state index is 12.5. The number of methoxy groups -OCH3 is 1. The molecule has 1 heterocycles. The zero-order chi connectivity index (χ0) is 18.0. The van der Waals surface area contributed by atoms with E-state index >= 15 is 0 Å². The van der Waals surface area contributed by atoms with Crippen molar-refractivity contribution >= 4 is 52.1 Å². The van der Waals surface area contributed by atoms with Crippen molar-refractivity contribution in [2.75, 3.05) is 12.1 Å². The highest BCUT2D eigenvalue weighted by Crippen LogP contribution is 2.22. The fourth-order valence-electron chi connectivity index (χ4n) is 2.33. The fourth-order valence-corrected chi connectivity index (χ4v) is 2.69. The number of hydrogen-bond acceptors (Lipinski definition) is 4. The predicted octanol–water partition coefficient (Wildman–Crippen LogP) is 2.54. The molecule has 1 fully saturated rings. The second kappa shape index (κ2) is 7.06. The summed E-state index contributed by atoms with van der Waals surface area (Å²) in [6.07, 6.45) is 1.49. The van der Waals surface area contributed by atoms with Crippen molar-refractivity contribution in [1.29, 1.82) is 0 Å². The number of anilines is 1. The molecule has 6 nitrogen and oxygen atoms in total. The summed E-state index contributed by atoms with van der Waals surface area (Å²) in [5.41, 5.74) is 4.20. The van der Waals surface area contributed by atoms with Crippen molar-refractivity contribution < 1.29 is 19.1 Å². The molecule has 1 N–H and O–H groups in total. The molecule has 0 atom stereocenters. The molecule has 0 saturated carbocycles. The molecular formula is C18H13IN2O4. The van der Waals surface area contributed by atoms with Gasteiger partial charge in [-0.3, -0.25) is 15.0 Å². The first kappa shape index (κ1) is 17.2. The van der Waals surface area contributed by atoms with Crippen LogP contribution in [0.3, 0.4) is 0 Å². The minimum absolute atomic E-state index is 0.0318. The number of rotatable bonds is 3. The molecule has 0 unspecified atom stereocenters. The van der Waals surface area contributed by atoms with Gasteiger partial charge in [-0.1, -0.05) is 12.1 Å². The molecule has 0 aliphatic carbocycles. The third-order valence-electron chi connectivity index (χ3n) is 3.62. The van der Waals surface area contributed by atoms with Crippen LogP contribution in [0.5, 0.6) is 0 Å². The van der Waals surface area contributed by atoms with E-state index in [9.17, 15) is 14.4 Å². The molecule has 2 aromatic rings. The molecule has 1 aliphatic heterocycles. The van der Waals surface area contributed by atoms with E-state index in [0.29, 0.717) is 16.8 Å². The third kappa shape index (κ3) is 3.55. The van der Waals surface area contributed by atoms with Gasteiger partial charge >= 0.3 is 5.97 Å². The normalized spacial score (nSPS) is 15.4. The smallest absolute Gasteiger partial charge is 0.337 e. The van der Waals surface area contributed by atoms with Crippen LogP contribution in [0.15, 0.2) is 54.1 Å². The lowest BCUT2D eigenvalue weighted by atomic mass is 10.1. The van der Waals surface area contributed by atoms with Crippen LogP contribution < -0.4 is 10.4 Å². The zero-order valence-electron chi connectivity index (χ0n) is 13.2.